The molecule has 0 saturated carbocycles. The van der Waals surface area contributed by atoms with Crippen LogP contribution in [0.1, 0.15) is 16.7 Å². The van der Waals surface area contributed by atoms with Gasteiger partial charge in [0, 0.05) is 23.1 Å². The number of aromatic nitrogens is 2. The van der Waals surface area contributed by atoms with Gasteiger partial charge in [0.1, 0.15) is 0 Å². The molecule has 0 radical (unpaired) electrons. The number of benzene rings is 3. The van der Waals surface area contributed by atoms with Crippen molar-refractivity contribution in [2.75, 3.05) is 5.32 Å². The van der Waals surface area contributed by atoms with Crippen LogP contribution in [0.2, 0.25) is 0 Å². The van der Waals surface area contributed by atoms with Crippen LogP contribution in [0.5, 0.6) is 0 Å². The van der Waals surface area contributed by atoms with E-state index in [1.807, 2.05) is 84.9 Å². The third-order valence-corrected chi connectivity index (χ3v) is 4.97. The van der Waals surface area contributed by atoms with Crippen molar-refractivity contribution in [2.24, 2.45) is 4.99 Å². The summed E-state index contributed by atoms with van der Waals surface area (Å²) in [6.07, 6.45) is -0.551. The van der Waals surface area contributed by atoms with Gasteiger partial charge in [-0.25, -0.2) is 0 Å². The monoisotopic (exact) mass is 394 g/mol. The van der Waals surface area contributed by atoms with Crippen molar-refractivity contribution < 1.29 is 9.32 Å². The van der Waals surface area contributed by atoms with Crippen LogP contribution in [-0.2, 0) is 11.2 Å². The number of Topliss-reactive ketones (excluding diaryl/α,β-unsaturated/α-hetero) is 1. The van der Waals surface area contributed by atoms with Crippen LogP contribution in [0.15, 0.2) is 94.4 Å². The third-order valence-electron chi connectivity index (χ3n) is 4.97. The van der Waals surface area contributed by atoms with Gasteiger partial charge in [-0.15, -0.1) is 0 Å². The molecule has 1 N–H and O–H groups in total. The second-order valence-electron chi connectivity index (χ2n) is 6.98. The average Bonchev–Trinajstić information content (AvgIpc) is 3.21. The van der Waals surface area contributed by atoms with Crippen molar-refractivity contribution in [1.82, 2.24) is 10.1 Å². The summed E-state index contributed by atoms with van der Waals surface area (Å²) in [5.74, 6) is 0.391. The Labute approximate surface area is 173 Å². The number of aliphatic imine (C=N–C) groups is 1. The van der Waals surface area contributed by atoms with Gasteiger partial charge in [0.05, 0.1) is 5.71 Å². The number of hydrogen-bond acceptors (Lipinski definition) is 6. The normalized spacial score (nSPS) is 15.8. The molecular weight excluding hydrogens is 376 g/mol. The number of rotatable bonds is 4. The Morgan fingerprint density at radius 2 is 1.50 bits per heavy atom. The lowest BCUT2D eigenvalue weighted by Gasteiger charge is -2.11. The first-order chi connectivity index (χ1) is 14.8. The summed E-state index contributed by atoms with van der Waals surface area (Å²) < 4.78 is 5.34. The fourth-order valence-corrected chi connectivity index (χ4v) is 3.50. The van der Waals surface area contributed by atoms with E-state index in [-0.39, 0.29) is 18.2 Å². The van der Waals surface area contributed by atoms with Gasteiger partial charge in [0.25, 0.3) is 0 Å². The number of carbonyl (C=O) groups excluding carboxylic acids is 1. The highest BCUT2D eigenvalue weighted by Gasteiger charge is 2.27. The summed E-state index contributed by atoms with van der Waals surface area (Å²) >= 11 is 0. The van der Waals surface area contributed by atoms with Crippen LogP contribution < -0.4 is 5.32 Å². The molecule has 1 atom stereocenters. The highest BCUT2D eigenvalue weighted by atomic mass is 16.5. The fourth-order valence-electron chi connectivity index (χ4n) is 3.50. The predicted octanol–water partition coefficient (Wildman–Crippen LogP) is 4.14. The molecule has 0 aliphatic carbocycles. The van der Waals surface area contributed by atoms with E-state index in [0.717, 1.165) is 28.0 Å². The van der Waals surface area contributed by atoms with Crippen molar-refractivity contribution in [3.63, 3.8) is 0 Å². The molecule has 0 fully saturated rings. The number of carbonyl (C=O) groups is 1. The molecule has 6 heteroatoms. The van der Waals surface area contributed by atoms with Crippen molar-refractivity contribution in [1.29, 1.82) is 0 Å². The maximum Gasteiger partial charge on any atom is 0.323 e. The minimum absolute atomic E-state index is 0.0622. The van der Waals surface area contributed by atoms with Crippen molar-refractivity contribution in [3.05, 3.63) is 102 Å². The lowest BCUT2D eigenvalue weighted by Crippen LogP contribution is -2.29. The highest BCUT2D eigenvalue weighted by molar-refractivity contribution is 6.16. The maximum absolute atomic E-state index is 13.0. The molecule has 0 spiro atoms. The summed E-state index contributed by atoms with van der Waals surface area (Å²) in [7, 11) is 0. The molecule has 1 aromatic heterocycles. The van der Waals surface area contributed by atoms with E-state index < -0.39 is 6.17 Å². The van der Waals surface area contributed by atoms with Gasteiger partial charge in [0.2, 0.25) is 5.82 Å². The van der Waals surface area contributed by atoms with E-state index in [1.54, 1.807) is 0 Å². The number of hydrogen-bond donors (Lipinski definition) is 1. The zero-order chi connectivity index (χ0) is 20.3. The van der Waals surface area contributed by atoms with Crippen molar-refractivity contribution in [2.45, 2.75) is 12.6 Å². The van der Waals surface area contributed by atoms with E-state index in [1.165, 1.54) is 0 Å². The first-order valence-electron chi connectivity index (χ1n) is 9.68. The average molecular weight is 394 g/mol. The maximum atomic E-state index is 13.0. The topological polar surface area (TPSA) is 80.4 Å². The molecule has 0 saturated heterocycles. The van der Waals surface area contributed by atoms with Crippen molar-refractivity contribution >= 4 is 17.5 Å². The van der Waals surface area contributed by atoms with Gasteiger partial charge >= 0.3 is 6.01 Å². The second-order valence-corrected chi connectivity index (χ2v) is 6.98. The number of fused-ring (bicyclic) bond motifs is 1. The fraction of sp³-hybridized carbons (Fsp3) is 0.0833. The van der Waals surface area contributed by atoms with Crippen LogP contribution in [0.3, 0.4) is 0 Å². The molecule has 5 rings (SSSR count). The Kier molecular flexibility index (Phi) is 4.65. The minimum Gasteiger partial charge on any atom is -0.315 e. The predicted molar refractivity (Wildman–Crippen MR) is 114 cm³/mol. The zero-order valence-corrected chi connectivity index (χ0v) is 16.0. The van der Waals surface area contributed by atoms with Crippen LogP contribution >= 0.6 is 0 Å². The summed E-state index contributed by atoms with van der Waals surface area (Å²) in [5, 5.41) is 7.03. The highest BCUT2D eigenvalue weighted by Crippen LogP contribution is 2.23. The zero-order valence-electron chi connectivity index (χ0n) is 16.0. The number of anilines is 1. The standard InChI is InChI=1S/C24H18N4O2/c29-20-15-18-13-7-8-14-19(18)21(16-9-3-1-4-10-16)25-23(20)27-24-26-22(28-30-24)17-11-5-2-6-12-17/h1-14,23H,15H2,(H,26,27,28). The van der Waals surface area contributed by atoms with Gasteiger partial charge in [-0.1, -0.05) is 90.1 Å². The second kappa shape index (κ2) is 7.75. The first-order valence-corrected chi connectivity index (χ1v) is 9.68. The Balaban J connectivity index is 1.51. The summed E-state index contributed by atoms with van der Waals surface area (Å²) in [6.45, 7) is 0. The van der Waals surface area contributed by atoms with E-state index in [9.17, 15) is 4.79 Å². The van der Waals surface area contributed by atoms with Crippen LogP contribution in [0.25, 0.3) is 11.4 Å². The Bertz CT molecular complexity index is 1220. The molecule has 1 aliphatic heterocycles. The Morgan fingerprint density at radius 3 is 2.27 bits per heavy atom. The molecular formula is C24H18N4O2. The van der Waals surface area contributed by atoms with Gasteiger partial charge in [-0.3, -0.25) is 9.79 Å². The molecule has 2 heterocycles. The van der Waals surface area contributed by atoms with E-state index in [4.69, 9.17) is 9.52 Å². The molecule has 1 unspecified atom stereocenters. The van der Waals surface area contributed by atoms with Gasteiger partial charge in [-0.2, -0.15) is 4.98 Å². The van der Waals surface area contributed by atoms with E-state index >= 15 is 0 Å². The lowest BCUT2D eigenvalue weighted by atomic mass is 9.96. The molecule has 3 aromatic carbocycles. The van der Waals surface area contributed by atoms with Gasteiger partial charge in [0.15, 0.2) is 11.9 Å². The molecule has 4 aromatic rings. The molecule has 6 nitrogen and oxygen atoms in total. The first kappa shape index (κ1) is 18.0. The third kappa shape index (κ3) is 3.51. The van der Waals surface area contributed by atoms with Gasteiger partial charge < -0.3 is 9.84 Å². The van der Waals surface area contributed by atoms with Gasteiger partial charge in [-0.05, 0) is 5.56 Å². The summed E-state index contributed by atoms with van der Waals surface area (Å²) in [5.41, 5.74) is 4.45. The Morgan fingerprint density at radius 1 is 0.833 bits per heavy atom. The smallest absolute Gasteiger partial charge is 0.315 e. The molecule has 30 heavy (non-hydrogen) atoms. The largest absolute Gasteiger partial charge is 0.323 e. The number of nitrogens with zero attached hydrogens (tertiary/aromatic N) is 3. The van der Waals surface area contributed by atoms with Crippen molar-refractivity contribution in [3.8, 4) is 11.4 Å². The minimum atomic E-state index is -0.823. The molecule has 0 amide bonds. The SMILES string of the molecule is O=C1Cc2ccccc2C(c2ccccc2)=NC1Nc1nc(-c2ccccc2)no1. The summed E-state index contributed by atoms with van der Waals surface area (Å²) in [6, 6.07) is 27.4. The molecule has 146 valence electrons. The Hall–Kier alpha value is -4.06. The van der Waals surface area contributed by atoms with E-state index in [0.29, 0.717) is 5.82 Å². The molecule has 1 aliphatic rings. The van der Waals surface area contributed by atoms with Crippen LogP contribution in [0, 0.1) is 0 Å². The van der Waals surface area contributed by atoms with E-state index in [2.05, 4.69) is 15.5 Å². The quantitative estimate of drug-likeness (QED) is 0.563. The van der Waals surface area contributed by atoms with Crippen LogP contribution in [-0.4, -0.2) is 27.8 Å². The number of ketones is 1. The summed E-state index contributed by atoms with van der Waals surface area (Å²) in [4.78, 5) is 22.1. The lowest BCUT2D eigenvalue weighted by molar-refractivity contribution is -0.119. The number of nitrogens with one attached hydrogen (secondary N) is 1. The van der Waals surface area contributed by atoms with Crippen LogP contribution in [0.4, 0.5) is 6.01 Å². The molecule has 0 bridgehead atoms.